The summed E-state index contributed by atoms with van der Waals surface area (Å²) in [6.07, 6.45) is -2.32. The van der Waals surface area contributed by atoms with Gasteiger partial charge in [-0.15, -0.1) is 0 Å². The number of aliphatic hydroxyl groups excluding tert-OH is 1. The lowest BCUT2D eigenvalue weighted by Gasteiger charge is -2.32. The van der Waals surface area contributed by atoms with E-state index in [1.807, 2.05) is 14.1 Å². The molecule has 2 N–H and O–H groups in total. The van der Waals surface area contributed by atoms with Crippen molar-refractivity contribution in [3.8, 4) is 11.5 Å². The van der Waals surface area contributed by atoms with Crippen LogP contribution in [0.4, 0.5) is 5.69 Å². The van der Waals surface area contributed by atoms with Crippen LogP contribution in [0.15, 0.2) is 60.9 Å². The van der Waals surface area contributed by atoms with E-state index < -0.39 is 35.8 Å². The Balaban J connectivity index is 1.34. The van der Waals surface area contributed by atoms with E-state index in [1.54, 1.807) is 24.0 Å². The molecule has 0 saturated carbocycles. The molecule has 1 aliphatic rings. The van der Waals surface area contributed by atoms with Gasteiger partial charge in [0.15, 0.2) is 22.9 Å². The van der Waals surface area contributed by atoms with E-state index in [-0.39, 0.29) is 57.8 Å². The Bertz CT molecular complexity index is 1670. The van der Waals surface area contributed by atoms with Crippen molar-refractivity contribution in [3.63, 3.8) is 0 Å². The first-order valence-electron chi connectivity index (χ1n) is 11.9. The lowest BCUT2D eigenvalue weighted by molar-refractivity contribution is -0.387. The van der Waals surface area contributed by atoms with Gasteiger partial charge in [-0.05, 0) is 19.1 Å². The standard InChI is InChI=1S/C27H25NO11/c1-13-36-27(37-13)23-10-17(31)25-20(7-14(28(2)3)8-21(25)39-23)35-12-15(29)11-34-18-5-4-6-19-24(18)16(30)9-22(38-19)26(32)33/h4-10,13,15,27,29H,11-12H2,1-3H3,(H,32,33). The van der Waals surface area contributed by atoms with Crippen LogP contribution in [0, 0.1) is 0 Å². The number of nitrogens with zero attached hydrogens (tertiary/aromatic N) is 1. The number of aromatic carboxylic acids is 1. The first kappa shape index (κ1) is 26.2. The molecule has 4 aromatic rings. The summed E-state index contributed by atoms with van der Waals surface area (Å²) < 4.78 is 33.5. The summed E-state index contributed by atoms with van der Waals surface area (Å²) in [4.78, 5) is 38.4. The smallest absolute Gasteiger partial charge is 0.371 e. The Morgan fingerprint density at radius 2 is 1.62 bits per heavy atom. The van der Waals surface area contributed by atoms with Gasteiger partial charge in [-0.3, -0.25) is 9.59 Å². The van der Waals surface area contributed by atoms with Crippen molar-refractivity contribution in [2.75, 3.05) is 32.2 Å². The number of benzene rings is 2. The Hall–Kier alpha value is -4.39. The number of anilines is 1. The largest absolute Gasteiger partial charge is 0.490 e. The molecule has 0 aliphatic carbocycles. The molecule has 39 heavy (non-hydrogen) atoms. The summed E-state index contributed by atoms with van der Waals surface area (Å²) in [6, 6.07) is 9.96. The van der Waals surface area contributed by atoms with E-state index >= 15 is 0 Å². The second-order valence-corrected chi connectivity index (χ2v) is 9.08. The number of carboxylic acids is 1. The van der Waals surface area contributed by atoms with Crippen LogP contribution in [0.3, 0.4) is 0 Å². The van der Waals surface area contributed by atoms with Crippen molar-refractivity contribution in [3.05, 3.63) is 74.4 Å². The second-order valence-electron chi connectivity index (χ2n) is 9.08. The molecule has 1 saturated heterocycles. The van der Waals surface area contributed by atoms with Gasteiger partial charge in [0, 0.05) is 44.0 Å². The van der Waals surface area contributed by atoms with E-state index in [9.17, 15) is 19.5 Å². The lowest BCUT2D eigenvalue weighted by Crippen LogP contribution is -2.32. The normalized spacial score (nSPS) is 17.5. The maximum atomic E-state index is 13.0. The van der Waals surface area contributed by atoms with Gasteiger partial charge >= 0.3 is 5.97 Å². The number of rotatable bonds is 9. The molecule has 12 nitrogen and oxygen atoms in total. The molecule has 0 amide bonds. The van der Waals surface area contributed by atoms with Crippen LogP contribution in [0.1, 0.15) is 29.5 Å². The number of ether oxygens (including phenoxy) is 4. The van der Waals surface area contributed by atoms with Gasteiger partial charge in [0.1, 0.15) is 52.8 Å². The highest BCUT2D eigenvalue weighted by atomic mass is 16.9. The third kappa shape index (κ3) is 5.30. The summed E-state index contributed by atoms with van der Waals surface area (Å²) in [5, 5.41) is 19.9. The minimum absolute atomic E-state index is 0.0355. The SMILES string of the molecule is CC1OC(c2cc(=O)c3c(OCC(O)COc4cccc5oc(C(=O)O)cc(=O)c45)cc(N(C)C)cc3o2)O1. The van der Waals surface area contributed by atoms with E-state index in [1.165, 1.54) is 24.3 Å². The Kier molecular flexibility index (Phi) is 7.00. The van der Waals surface area contributed by atoms with Crippen LogP contribution in [-0.4, -0.2) is 55.9 Å². The van der Waals surface area contributed by atoms with E-state index in [2.05, 4.69) is 0 Å². The number of fused-ring (bicyclic) bond motifs is 2. The third-order valence-electron chi connectivity index (χ3n) is 5.97. The maximum Gasteiger partial charge on any atom is 0.371 e. The summed E-state index contributed by atoms with van der Waals surface area (Å²) in [6.45, 7) is 1.21. The van der Waals surface area contributed by atoms with Gasteiger partial charge in [-0.25, -0.2) is 4.79 Å². The molecule has 0 bridgehead atoms. The van der Waals surface area contributed by atoms with Crippen molar-refractivity contribution in [2.45, 2.75) is 25.6 Å². The fourth-order valence-corrected chi connectivity index (χ4v) is 4.06. The zero-order valence-electron chi connectivity index (χ0n) is 21.2. The fourth-order valence-electron chi connectivity index (χ4n) is 4.06. The molecule has 2 aromatic carbocycles. The average molecular weight is 539 g/mol. The molecule has 0 spiro atoms. The zero-order chi connectivity index (χ0) is 27.8. The number of carboxylic acid groups (broad SMARTS) is 1. The summed E-state index contributed by atoms with van der Waals surface area (Å²) >= 11 is 0. The van der Waals surface area contributed by atoms with Gasteiger partial charge in [0.2, 0.25) is 12.1 Å². The summed E-state index contributed by atoms with van der Waals surface area (Å²) in [7, 11) is 3.63. The van der Waals surface area contributed by atoms with Gasteiger partial charge < -0.3 is 42.9 Å². The van der Waals surface area contributed by atoms with Crippen LogP contribution >= 0.6 is 0 Å². The number of hydrogen-bond donors (Lipinski definition) is 2. The second kappa shape index (κ2) is 10.4. The highest BCUT2D eigenvalue weighted by molar-refractivity contribution is 5.89. The molecule has 12 heteroatoms. The minimum atomic E-state index is -1.37. The molecular formula is C27H25NO11. The summed E-state index contributed by atoms with van der Waals surface area (Å²) in [5.41, 5.74) is 0.0239. The van der Waals surface area contributed by atoms with Crippen LogP contribution < -0.4 is 25.2 Å². The maximum absolute atomic E-state index is 13.0. The highest BCUT2D eigenvalue weighted by Gasteiger charge is 2.31. The molecule has 204 valence electrons. The van der Waals surface area contributed by atoms with Crippen molar-refractivity contribution < 1.29 is 42.8 Å². The van der Waals surface area contributed by atoms with Gasteiger partial charge in [0.05, 0.1) is 0 Å². The molecule has 0 radical (unpaired) electrons. The third-order valence-corrected chi connectivity index (χ3v) is 5.97. The minimum Gasteiger partial charge on any atom is -0.490 e. The Labute approximate surface area is 220 Å². The monoisotopic (exact) mass is 539 g/mol. The zero-order valence-corrected chi connectivity index (χ0v) is 21.2. The first-order chi connectivity index (χ1) is 18.6. The first-order valence-corrected chi connectivity index (χ1v) is 11.9. The van der Waals surface area contributed by atoms with Crippen molar-refractivity contribution >= 4 is 33.6 Å². The predicted octanol–water partition coefficient (Wildman–Crippen LogP) is 2.87. The van der Waals surface area contributed by atoms with Gasteiger partial charge in [-0.1, -0.05) is 6.07 Å². The molecule has 5 rings (SSSR count). The molecule has 3 heterocycles. The number of hydrogen-bond acceptors (Lipinski definition) is 11. The van der Waals surface area contributed by atoms with Gasteiger partial charge in [0.25, 0.3) is 0 Å². The number of aliphatic hydroxyl groups is 1. The van der Waals surface area contributed by atoms with Crippen LogP contribution in [0.5, 0.6) is 11.5 Å². The summed E-state index contributed by atoms with van der Waals surface area (Å²) in [5.74, 6) is -1.32. The van der Waals surface area contributed by atoms with E-state index in [0.717, 1.165) is 6.07 Å². The Morgan fingerprint density at radius 1 is 0.949 bits per heavy atom. The van der Waals surface area contributed by atoms with Crippen molar-refractivity contribution in [1.29, 1.82) is 0 Å². The predicted molar refractivity (Wildman–Crippen MR) is 138 cm³/mol. The van der Waals surface area contributed by atoms with Crippen LogP contribution in [0.2, 0.25) is 0 Å². The number of carbonyl (C=O) groups is 1. The topological polar surface area (TPSA) is 158 Å². The van der Waals surface area contributed by atoms with E-state index in [0.29, 0.717) is 5.69 Å². The molecule has 1 unspecified atom stereocenters. The average Bonchev–Trinajstić information content (AvgIpc) is 2.87. The molecular weight excluding hydrogens is 514 g/mol. The molecule has 2 aromatic heterocycles. The molecule has 1 atom stereocenters. The van der Waals surface area contributed by atoms with Crippen LogP contribution in [0.25, 0.3) is 21.9 Å². The lowest BCUT2D eigenvalue weighted by atomic mass is 10.1. The van der Waals surface area contributed by atoms with Gasteiger partial charge in [-0.2, -0.15) is 0 Å². The van der Waals surface area contributed by atoms with Crippen LogP contribution in [-0.2, 0) is 9.47 Å². The highest BCUT2D eigenvalue weighted by Crippen LogP contribution is 2.35. The van der Waals surface area contributed by atoms with Crippen molar-refractivity contribution in [1.82, 2.24) is 0 Å². The molecule has 1 fully saturated rings. The quantitative estimate of drug-likeness (QED) is 0.321. The van der Waals surface area contributed by atoms with E-state index in [4.69, 9.17) is 32.9 Å². The fraction of sp³-hybridized carbons (Fsp3) is 0.296. The van der Waals surface area contributed by atoms with Crippen molar-refractivity contribution in [2.24, 2.45) is 0 Å². The Morgan fingerprint density at radius 3 is 2.28 bits per heavy atom. The molecule has 1 aliphatic heterocycles.